The number of carbonyl (C=O) groups excluding carboxylic acids is 3. The van der Waals surface area contributed by atoms with Gasteiger partial charge in [-0.25, -0.2) is 0 Å². The molecule has 0 amide bonds. The molecule has 0 aromatic heterocycles. The lowest BCUT2D eigenvalue weighted by Gasteiger charge is -2.33. The highest BCUT2D eigenvalue weighted by Gasteiger charge is 2.37. The Balaban J connectivity index is 3.49. The van der Waals surface area contributed by atoms with Crippen LogP contribution in [0.3, 0.4) is 0 Å². The summed E-state index contributed by atoms with van der Waals surface area (Å²) in [5, 5.41) is 9.83. The molecule has 9 nitrogen and oxygen atoms in total. The number of benzene rings is 1. The van der Waals surface area contributed by atoms with E-state index in [1.807, 2.05) is 34.6 Å². The maximum atomic E-state index is 12.7. The van der Waals surface area contributed by atoms with E-state index < -0.39 is 47.3 Å². The van der Waals surface area contributed by atoms with Gasteiger partial charge in [-0.05, 0) is 56.7 Å². The summed E-state index contributed by atoms with van der Waals surface area (Å²) in [7, 11) is 0. The molecule has 1 rings (SSSR count). The predicted molar refractivity (Wildman–Crippen MR) is 153 cm³/mol. The third-order valence-electron chi connectivity index (χ3n) is 7.93. The van der Waals surface area contributed by atoms with Crippen molar-refractivity contribution >= 4 is 23.9 Å². The number of ether oxygens (including phenoxy) is 3. The smallest absolute Gasteiger partial charge is 0.321 e. The molecule has 6 atom stereocenters. The first-order valence-electron chi connectivity index (χ1n) is 14.3. The lowest BCUT2D eigenvalue weighted by Crippen LogP contribution is -2.43. The molecule has 0 fully saturated rings. The molecule has 0 heterocycles. The number of carbonyl (C=O) groups is 4. The van der Waals surface area contributed by atoms with E-state index in [0.717, 1.165) is 12.8 Å². The van der Waals surface area contributed by atoms with E-state index in [4.69, 9.17) is 19.9 Å². The summed E-state index contributed by atoms with van der Waals surface area (Å²) in [6.45, 7) is 16.7. The highest BCUT2D eigenvalue weighted by Crippen LogP contribution is 2.38. The molecule has 0 radical (unpaired) electrons. The van der Waals surface area contributed by atoms with E-state index in [-0.39, 0.29) is 42.1 Å². The molecule has 0 bridgehead atoms. The Morgan fingerprint density at radius 1 is 0.875 bits per heavy atom. The molecule has 3 N–H and O–H groups in total. The van der Waals surface area contributed by atoms with Gasteiger partial charge < -0.3 is 25.1 Å². The van der Waals surface area contributed by atoms with E-state index in [1.54, 1.807) is 33.8 Å². The van der Waals surface area contributed by atoms with Crippen LogP contribution < -0.4 is 15.2 Å². The molecule has 0 aliphatic heterocycles. The third-order valence-corrected chi connectivity index (χ3v) is 7.93. The molecular formula is C31H49NO8. The highest BCUT2D eigenvalue weighted by atomic mass is 16.6. The van der Waals surface area contributed by atoms with Gasteiger partial charge >= 0.3 is 23.9 Å². The molecule has 1 aromatic carbocycles. The summed E-state index contributed by atoms with van der Waals surface area (Å²) >= 11 is 0. The van der Waals surface area contributed by atoms with Gasteiger partial charge in [0.25, 0.3) is 0 Å². The van der Waals surface area contributed by atoms with E-state index in [2.05, 4.69) is 0 Å². The van der Waals surface area contributed by atoms with Crippen molar-refractivity contribution in [2.45, 2.75) is 112 Å². The van der Waals surface area contributed by atoms with Crippen LogP contribution in [0.25, 0.3) is 0 Å². The second-order valence-corrected chi connectivity index (χ2v) is 11.7. The van der Waals surface area contributed by atoms with Gasteiger partial charge in [-0.2, -0.15) is 0 Å². The van der Waals surface area contributed by atoms with E-state index >= 15 is 0 Å². The first kappa shape index (κ1) is 35.1. The van der Waals surface area contributed by atoms with Crippen molar-refractivity contribution in [3.05, 3.63) is 23.8 Å². The van der Waals surface area contributed by atoms with Crippen LogP contribution in [0.15, 0.2) is 18.2 Å². The van der Waals surface area contributed by atoms with Crippen LogP contribution in [0.5, 0.6) is 11.5 Å². The van der Waals surface area contributed by atoms with Crippen molar-refractivity contribution < 1.29 is 38.5 Å². The fourth-order valence-electron chi connectivity index (χ4n) is 3.95. The third kappa shape index (κ3) is 10.2. The van der Waals surface area contributed by atoms with Gasteiger partial charge in [0.1, 0.15) is 12.1 Å². The molecule has 0 aliphatic carbocycles. The number of aliphatic carboxylic acids is 1. The predicted octanol–water partition coefficient (Wildman–Crippen LogP) is 5.87. The first-order valence-corrected chi connectivity index (χ1v) is 14.3. The summed E-state index contributed by atoms with van der Waals surface area (Å²) in [5.74, 6) is -3.65. The first-order chi connectivity index (χ1) is 18.6. The van der Waals surface area contributed by atoms with Gasteiger partial charge in [-0.3, -0.25) is 19.2 Å². The number of hydrogen-bond acceptors (Lipinski definition) is 8. The molecule has 0 saturated heterocycles. The Kier molecular flexibility index (Phi) is 13.8. The number of nitrogens with two attached hydrogens (primary N) is 1. The topological polar surface area (TPSA) is 142 Å². The average Bonchev–Trinajstić information content (AvgIpc) is 2.89. The number of hydrogen-bond donors (Lipinski definition) is 2. The second-order valence-electron chi connectivity index (χ2n) is 11.7. The lowest BCUT2D eigenvalue weighted by atomic mass is 9.79. The molecule has 226 valence electrons. The molecule has 40 heavy (non-hydrogen) atoms. The summed E-state index contributed by atoms with van der Waals surface area (Å²) < 4.78 is 17.0. The van der Waals surface area contributed by atoms with Crippen LogP contribution in [-0.4, -0.2) is 41.1 Å². The zero-order chi connectivity index (χ0) is 30.8. The van der Waals surface area contributed by atoms with Gasteiger partial charge in [-0.1, -0.05) is 60.5 Å². The Morgan fingerprint density at radius 3 is 1.82 bits per heavy atom. The van der Waals surface area contributed by atoms with Crippen molar-refractivity contribution in [2.75, 3.05) is 0 Å². The van der Waals surface area contributed by atoms with Crippen molar-refractivity contribution in [2.24, 2.45) is 28.9 Å². The molecular weight excluding hydrogens is 514 g/mol. The number of carboxylic acid groups (broad SMARTS) is 1. The maximum absolute atomic E-state index is 12.7. The minimum absolute atomic E-state index is 0.00913. The van der Waals surface area contributed by atoms with Crippen LogP contribution in [0, 0.1) is 23.2 Å². The van der Waals surface area contributed by atoms with E-state index in [1.165, 1.54) is 12.1 Å². The molecule has 0 saturated carbocycles. The van der Waals surface area contributed by atoms with Gasteiger partial charge in [0.2, 0.25) is 0 Å². The van der Waals surface area contributed by atoms with Crippen molar-refractivity contribution in [1.82, 2.24) is 0 Å². The van der Waals surface area contributed by atoms with Crippen molar-refractivity contribution in [1.29, 1.82) is 0 Å². The van der Waals surface area contributed by atoms with Gasteiger partial charge in [0.05, 0.1) is 5.41 Å². The summed E-state index contributed by atoms with van der Waals surface area (Å²) in [6, 6.07) is 3.24. The Morgan fingerprint density at radius 2 is 1.38 bits per heavy atom. The zero-order valence-corrected chi connectivity index (χ0v) is 25.6. The molecule has 0 spiro atoms. The fraction of sp³-hybridized carbons (Fsp3) is 0.677. The fourth-order valence-corrected chi connectivity index (χ4v) is 3.95. The van der Waals surface area contributed by atoms with Crippen LogP contribution in [0.4, 0.5) is 0 Å². The van der Waals surface area contributed by atoms with Gasteiger partial charge in [0, 0.05) is 24.7 Å². The summed E-state index contributed by atoms with van der Waals surface area (Å²) in [5.41, 5.74) is 5.92. The van der Waals surface area contributed by atoms with Crippen molar-refractivity contribution in [3.63, 3.8) is 0 Å². The Bertz CT molecular complexity index is 1020. The Hall–Kier alpha value is -2.94. The molecule has 0 aliphatic rings. The largest absolute Gasteiger partial charge is 0.480 e. The quantitative estimate of drug-likeness (QED) is 0.186. The monoisotopic (exact) mass is 563 g/mol. The van der Waals surface area contributed by atoms with Crippen LogP contribution >= 0.6 is 0 Å². The number of esters is 3. The summed E-state index contributed by atoms with van der Waals surface area (Å²) in [4.78, 5) is 50.0. The standard InChI is InChI=1S/C31H49NO8/c1-10-18(4)15-25(33)39-23-14-13-22(17-24(23)40-26(34)16-19(5)11-2)27(28(32)29(35)36)20(6)21(7)38-30(37)31(8,9)12-3/h13-14,17-21,27-28H,10-12,15-16,32H2,1-9H3,(H,35,36)/t18?,19?,20?,21?,27?,28-/m0/s1. The minimum Gasteiger partial charge on any atom is -0.480 e. The lowest BCUT2D eigenvalue weighted by molar-refractivity contribution is -0.162. The summed E-state index contributed by atoms with van der Waals surface area (Å²) in [6.07, 6.45) is 1.85. The zero-order valence-electron chi connectivity index (χ0n) is 25.6. The number of carboxylic acids is 1. The molecule has 1 aromatic rings. The Labute approximate surface area is 239 Å². The second kappa shape index (κ2) is 15.7. The van der Waals surface area contributed by atoms with E-state index in [9.17, 15) is 24.3 Å². The normalized spacial score (nSPS) is 16.1. The minimum atomic E-state index is -1.35. The van der Waals surface area contributed by atoms with Gasteiger partial charge in [-0.15, -0.1) is 0 Å². The van der Waals surface area contributed by atoms with E-state index in [0.29, 0.717) is 12.0 Å². The van der Waals surface area contributed by atoms with Crippen LogP contribution in [-0.2, 0) is 23.9 Å². The highest BCUT2D eigenvalue weighted by molar-refractivity contribution is 5.78. The average molecular weight is 564 g/mol. The van der Waals surface area contributed by atoms with Crippen LogP contribution in [0.2, 0.25) is 0 Å². The molecule has 5 unspecified atom stereocenters. The number of rotatable bonds is 16. The SMILES string of the molecule is CCC(C)CC(=O)Oc1ccc(C(C(C)C(C)OC(=O)C(C)(C)CC)[C@H](N)C(=O)O)cc1OC(=O)CC(C)CC. The maximum Gasteiger partial charge on any atom is 0.321 e. The molecule has 9 heteroatoms. The van der Waals surface area contributed by atoms with Gasteiger partial charge in [0.15, 0.2) is 11.5 Å². The van der Waals surface area contributed by atoms with Crippen LogP contribution in [0.1, 0.15) is 106 Å². The van der Waals surface area contributed by atoms with Crippen molar-refractivity contribution in [3.8, 4) is 11.5 Å².